The molecule has 3 N–H and O–H groups in total. The largest absolute Gasteiger partial charge is 0.404 e. The van der Waals surface area contributed by atoms with Gasteiger partial charge in [0.2, 0.25) is 10.0 Å². The fraction of sp³-hybridized carbons (Fsp3) is 0.556. The van der Waals surface area contributed by atoms with Gasteiger partial charge in [-0.2, -0.15) is 0 Å². The predicted octanol–water partition coefficient (Wildman–Crippen LogP) is 3.34. The van der Waals surface area contributed by atoms with E-state index >= 15 is 0 Å². The van der Waals surface area contributed by atoms with E-state index < -0.39 is 10.0 Å². The van der Waals surface area contributed by atoms with Gasteiger partial charge in [0.25, 0.3) is 0 Å². The minimum absolute atomic E-state index is 0. The third kappa shape index (κ3) is 83.5. The Morgan fingerprint density at radius 3 is 1.33 bits per heavy atom. The molecule has 0 heterocycles. The van der Waals surface area contributed by atoms with Crippen molar-refractivity contribution in [2.75, 3.05) is 6.26 Å². The second-order valence-electron chi connectivity index (χ2n) is 1.50. The fourth-order valence-electron chi connectivity index (χ4n) is 0.149. The van der Waals surface area contributed by atoms with Crippen LogP contribution in [0.15, 0.2) is 20.6 Å². The Kier molecular flexibility index (Phi) is 74.0. The standard InChI is InChI=1S/C3H6INO2S.C2H4IN.2C2H6.2V/c1-8(6,7)5-3-2-4;3-1-2-4;2*1-2;;/h2-3,5H,1H3;1-2H,4H2;2*1-2H3;;. The summed E-state index contributed by atoms with van der Waals surface area (Å²) in [6, 6.07) is 0. The quantitative estimate of drug-likeness (QED) is 0.495. The van der Waals surface area contributed by atoms with Crippen LogP contribution >= 0.6 is 45.2 Å². The van der Waals surface area contributed by atoms with Gasteiger partial charge in [-0.3, -0.25) is 4.72 Å². The number of hydrogen-bond acceptors (Lipinski definition) is 3. The fourth-order valence-corrected chi connectivity index (χ4v) is 0.888. The molecule has 9 heteroatoms. The SMILES string of the molecule is CC.CC.CS(=O)(=O)NC=CI.NC=CI.[V].[V]. The molecule has 0 aliphatic carbocycles. The van der Waals surface area contributed by atoms with E-state index in [0.717, 1.165) is 6.26 Å². The van der Waals surface area contributed by atoms with Crippen molar-refractivity contribution in [3.63, 3.8) is 0 Å². The van der Waals surface area contributed by atoms with Crippen molar-refractivity contribution in [2.24, 2.45) is 5.73 Å². The summed E-state index contributed by atoms with van der Waals surface area (Å²) >= 11 is 3.97. The molecule has 0 fully saturated rings. The Morgan fingerprint density at radius 1 is 1.00 bits per heavy atom. The maximum absolute atomic E-state index is 10.2. The zero-order valence-electron chi connectivity index (χ0n) is 11.3. The Bertz CT molecular complexity index is 245. The number of hydrogen-bond donors (Lipinski definition) is 2. The van der Waals surface area contributed by atoms with Crippen LogP contribution in [0.1, 0.15) is 27.7 Å². The number of sulfonamides is 1. The third-order valence-electron chi connectivity index (χ3n) is 0.418. The summed E-state index contributed by atoms with van der Waals surface area (Å²) < 4.78 is 25.9. The van der Waals surface area contributed by atoms with E-state index in [-0.39, 0.29) is 37.1 Å². The summed E-state index contributed by atoms with van der Waals surface area (Å²) in [6.45, 7) is 8.00. The normalized spacial score (nSPS) is 8.17. The van der Waals surface area contributed by atoms with Gasteiger partial charge in [-0.1, -0.05) is 72.9 Å². The summed E-state index contributed by atoms with van der Waals surface area (Å²) in [7, 11) is -3.03. The Morgan fingerprint density at radius 2 is 1.28 bits per heavy atom. The van der Waals surface area contributed by atoms with E-state index in [0.29, 0.717) is 0 Å². The molecule has 0 aromatic heterocycles. The number of nitrogens with one attached hydrogen (secondary N) is 1. The summed E-state index contributed by atoms with van der Waals surface area (Å²) in [6.07, 6.45) is 3.94. The van der Waals surface area contributed by atoms with E-state index in [4.69, 9.17) is 5.73 Å². The molecule has 0 amide bonds. The van der Waals surface area contributed by atoms with E-state index in [1.54, 1.807) is 8.17 Å². The summed E-state index contributed by atoms with van der Waals surface area (Å²) in [5.74, 6) is 0. The van der Waals surface area contributed by atoms with Gasteiger partial charge < -0.3 is 5.73 Å². The Hall–Kier alpha value is 1.66. The molecule has 2 radical (unpaired) electrons. The predicted molar refractivity (Wildman–Crippen MR) is 91.2 cm³/mol. The van der Waals surface area contributed by atoms with Gasteiger partial charge in [-0.15, -0.1) is 0 Å². The van der Waals surface area contributed by atoms with Crippen molar-refractivity contribution in [2.45, 2.75) is 27.7 Å². The Balaban J connectivity index is -0.0000000312. The van der Waals surface area contributed by atoms with Crippen LogP contribution in [0.3, 0.4) is 0 Å². The van der Waals surface area contributed by atoms with Gasteiger partial charge >= 0.3 is 0 Å². The molecule has 0 bridgehead atoms. The van der Waals surface area contributed by atoms with Crippen LogP contribution in [0.4, 0.5) is 0 Å². The van der Waals surface area contributed by atoms with Gasteiger partial charge in [0.15, 0.2) is 0 Å². The van der Waals surface area contributed by atoms with Crippen molar-refractivity contribution in [1.82, 2.24) is 4.72 Å². The van der Waals surface area contributed by atoms with E-state index in [1.807, 2.05) is 72.9 Å². The van der Waals surface area contributed by atoms with Gasteiger partial charge in [0.1, 0.15) is 0 Å². The monoisotopic (exact) mass is 578 g/mol. The van der Waals surface area contributed by atoms with Crippen molar-refractivity contribution < 1.29 is 45.5 Å². The molecule has 0 atom stereocenters. The zero-order valence-corrected chi connectivity index (χ0v) is 19.2. The molecule has 0 saturated heterocycles. The van der Waals surface area contributed by atoms with Crippen LogP contribution in [-0.4, -0.2) is 14.7 Å². The average molecular weight is 578 g/mol. The van der Waals surface area contributed by atoms with Crippen LogP contribution in [-0.2, 0) is 47.1 Å². The van der Waals surface area contributed by atoms with Gasteiger partial charge in [-0.25, -0.2) is 8.42 Å². The second kappa shape index (κ2) is 36.3. The summed E-state index contributed by atoms with van der Waals surface area (Å²) in [5, 5.41) is 0. The molecule has 0 unspecified atom stereocenters. The summed E-state index contributed by atoms with van der Waals surface area (Å²) in [5.41, 5.74) is 4.84. The van der Waals surface area contributed by atoms with Crippen LogP contribution in [0.25, 0.3) is 0 Å². The molecule has 18 heavy (non-hydrogen) atoms. The molecule has 4 nitrogen and oxygen atoms in total. The van der Waals surface area contributed by atoms with Crippen molar-refractivity contribution in [3.05, 3.63) is 20.6 Å². The van der Waals surface area contributed by atoms with Crippen LogP contribution < -0.4 is 10.5 Å². The van der Waals surface area contributed by atoms with Gasteiger partial charge in [-0.05, 0) is 14.4 Å². The molecule has 0 saturated carbocycles. The van der Waals surface area contributed by atoms with E-state index in [2.05, 4.69) is 4.72 Å². The van der Waals surface area contributed by atoms with Crippen LogP contribution in [0, 0.1) is 0 Å². The smallest absolute Gasteiger partial charge is 0.229 e. The maximum atomic E-state index is 10.2. The van der Waals surface area contributed by atoms with Crippen molar-refractivity contribution >= 4 is 55.2 Å². The molecule has 110 valence electrons. The molecule has 0 aliphatic heterocycles. The number of nitrogens with two attached hydrogens (primary N) is 1. The van der Waals surface area contributed by atoms with Crippen molar-refractivity contribution in [1.29, 1.82) is 0 Å². The first-order valence-corrected chi connectivity index (χ1v) is 9.05. The zero-order chi connectivity index (χ0) is 14.0. The first-order valence-electron chi connectivity index (χ1n) is 4.67. The molecule has 0 spiro atoms. The second-order valence-corrected chi connectivity index (χ2v) is 4.72. The van der Waals surface area contributed by atoms with Crippen LogP contribution in [0.5, 0.6) is 0 Å². The summed E-state index contributed by atoms with van der Waals surface area (Å²) in [4.78, 5) is 0. The Labute approximate surface area is 163 Å². The number of rotatable bonds is 2. The van der Waals surface area contributed by atoms with Gasteiger partial charge in [0.05, 0.1) is 6.26 Å². The topological polar surface area (TPSA) is 72.2 Å². The van der Waals surface area contributed by atoms with E-state index in [1.165, 1.54) is 12.4 Å². The van der Waals surface area contributed by atoms with Crippen LogP contribution in [0.2, 0.25) is 0 Å². The maximum Gasteiger partial charge on any atom is 0.229 e. The molecular weight excluding hydrogens is 556 g/mol. The average Bonchev–Trinajstić information content (AvgIpc) is 2.31. The minimum atomic E-state index is -3.03. The molecule has 0 aromatic carbocycles. The van der Waals surface area contributed by atoms with E-state index in [9.17, 15) is 8.42 Å². The van der Waals surface area contributed by atoms with Crippen molar-refractivity contribution in [3.8, 4) is 0 Å². The first-order chi connectivity index (χ1) is 7.47. The molecular formula is C9H22I2N2O2SV2. The minimum Gasteiger partial charge on any atom is -0.404 e. The molecule has 0 aliphatic rings. The first kappa shape index (κ1) is 36.7. The van der Waals surface area contributed by atoms with Gasteiger partial charge in [0, 0.05) is 43.3 Å². The number of halogens is 2. The molecule has 0 rings (SSSR count). The molecule has 0 aromatic rings. The third-order valence-corrected chi connectivity index (χ3v) is 1.76.